The van der Waals surface area contributed by atoms with Crippen LogP contribution in [0.1, 0.15) is 13.3 Å². The van der Waals surface area contributed by atoms with Crippen LogP contribution in [0.25, 0.3) is 0 Å². The van der Waals surface area contributed by atoms with E-state index in [4.69, 9.17) is 10.8 Å². The predicted octanol–water partition coefficient (Wildman–Crippen LogP) is -0.445. The van der Waals surface area contributed by atoms with Crippen LogP contribution in [0, 0.1) is 0 Å². The van der Waals surface area contributed by atoms with Crippen molar-refractivity contribution in [2.24, 2.45) is 5.73 Å². The zero-order chi connectivity index (χ0) is 8.48. The highest BCUT2D eigenvalue weighted by Gasteiger charge is 2.31. The smallest absolute Gasteiger partial charge is 0.373 e. The number of hydrogen-bond acceptors (Lipinski definition) is 4. The zero-order valence-electron chi connectivity index (χ0n) is 6.13. The van der Waals surface area contributed by atoms with Gasteiger partial charge in [-0.05, 0) is 6.42 Å². The lowest BCUT2D eigenvalue weighted by Gasteiger charge is -2.16. The lowest BCUT2D eigenvalue weighted by molar-refractivity contribution is -0.137. The fraction of sp³-hybridized carbons (Fsp3) is 0.500. The summed E-state index contributed by atoms with van der Waals surface area (Å²) in [6.07, 6.45) is 1.93. The van der Waals surface area contributed by atoms with Gasteiger partial charge in [-0.3, -0.25) is 0 Å². The topological polar surface area (TPSA) is 84.6 Å². The van der Waals surface area contributed by atoms with Gasteiger partial charge in [-0.2, -0.15) is 0 Å². The Morgan fingerprint density at radius 3 is 2.91 bits per heavy atom. The van der Waals surface area contributed by atoms with Crippen molar-refractivity contribution < 1.29 is 14.7 Å². The first kappa shape index (κ1) is 8.03. The average Bonchev–Trinajstić information content (AvgIpc) is 2.33. The van der Waals surface area contributed by atoms with E-state index in [-0.39, 0.29) is 5.76 Å². The molecule has 0 saturated carbocycles. The molecule has 0 aliphatic carbocycles. The lowest BCUT2D eigenvalue weighted by atomic mass is 10.1. The molecule has 0 amide bonds. The first-order valence-corrected chi connectivity index (χ1v) is 3.26. The molecule has 0 saturated heterocycles. The fourth-order valence-electron chi connectivity index (χ4n) is 0.722. The van der Waals surface area contributed by atoms with Gasteiger partial charge in [0.05, 0.1) is 0 Å². The number of nitrogens with two attached hydrogens (primary N) is 1. The zero-order valence-corrected chi connectivity index (χ0v) is 6.13. The fourth-order valence-corrected chi connectivity index (χ4v) is 0.722. The van der Waals surface area contributed by atoms with Gasteiger partial charge in [-0.15, -0.1) is 5.48 Å². The molecule has 0 aromatic heterocycles. The number of aliphatic carboxylic acids is 1. The highest BCUT2D eigenvalue weighted by molar-refractivity contribution is 5.84. The van der Waals surface area contributed by atoms with E-state index < -0.39 is 11.6 Å². The summed E-state index contributed by atoms with van der Waals surface area (Å²) in [7, 11) is 0. The normalized spacial score (nSPS) is 29.5. The van der Waals surface area contributed by atoms with Crippen molar-refractivity contribution in [2.75, 3.05) is 0 Å². The second kappa shape index (κ2) is 2.52. The standard InChI is InChI=1S/C6H10N2O3/c1-2-6(7)3-4(5(9)10)11-8-6/h3,8H,2,7H2,1H3,(H,9,10). The Labute approximate surface area is 63.8 Å². The summed E-state index contributed by atoms with van der Waals surface area (Å²) in [5, 5.41) is 8.45. The van der Waals surface area contributed by atoms with Gasteiger partial charge >= 0.3 is 5.97 Å². The summed E-state index contributed by atoms with van der Waals surface area (Å²) in [5.74, 6) is -1.26. The molecule has 0 bridgehead atoms. The Kier molecular flexibility index (Phi) is 1.84. The maximum atomic E-state index is 10.3. The molecular formula is C6H10N2O3. The van der Waals surface area contributed by atoms with Crippen LogP contribution in [0.15, 0.2) is 11.8 Å². The Balaban J connectivity index is 2.75. The second-order valence-electron chi connectivity index (χ2n) is 2.41. The molecule has 1 rings (SSSR count). The molecule has 0 aromatic rings. The summed E-state index contributed by atoms with van der Waals surface area (Å²) in [4.78, 5) is 14.9. The van der Waals surface area contributed by atoms with E-state index in [0.717, 1.165) is 0 Å². The SMILES string of the molecule is CCC1(N)C=C(C(=O)O)ON1. The number of carboxylic acids is 1. The van der Waals surface area contributed by atoms with Gasteiger partial charge in [0.15, 0.2) is 0 Å². The van der Waals surface area contributed by atoms with Crippen molar-refractivity contribution in [3.05, 3.63) is 11.8 Å². The minimum atomic E-state index is -1.11. The van der Waals surface area contributed by atoms with Crippen LogP contribution < -0.4 is 11.2 Å². The van der Waals surface area contributed by atoms with Gasteiger partial charge in [0.25, 0.3) is 0 Å². The quantitative estimate of drug-likeness (QED) is 0.507. The van der Waals surface area contributed by atoms with Crippen LogP contribution in [0.5, 0.6) is 0 Å². The molecule has 11 heavy (non-hydrogen) atoms. The molecule has 1 atom stereocenters. The third-order valence-corrected chi connectivity index (χ3v) is 1.54. The molecule has 1 heterocycles. The van der Waals surface area contributed by atoms with Crippen molar-refractivity contribution >= 4 is 5.97 Å². The van der Waals surface area contributed by atoms with Crippen molar-refractivity contribution in [2.45, 2.75) is 19.0 Å². The predicted molar refractivity (Wildman–Crippen MR) is 37.1 cm³/mol. The summed E-state index contributed by atoms with van der Waals surface area (Å²) in [6.45, 7) is 1.83. The third-order valence-electron chi connectivity index (χ3n) is 1.54. The van der Waals surface area contributed by atoms with Crippen LogP contribution >= 0.6 is 0 Å². The molecule has 1 aliphatic heterocycles. The average molecular weight is 158 g/mol. The van der Waals surface area contributed by atoms with Crippen molar-refractivity contribution in [1.29, 1.82) is 0 Å². The van der Waals surface area contributed by atoms with Gasteiger partial charge in [0.1, 0.15) is 5.66 Å². The maximum Gasteiger partial charge on any atom is 0.373 e. The molecule has 5 nitrogen and oxygen atoms in total. The minimum Gasteiger partial charge on any atom is -0.475 e. The van der Waals surface area contributed by atoms with Crippen LogP contribution in [-0.4, -0.2) is 16.7 Å². The number of hydroxylamine groups is 1. The molecule has 0 fully saturated rings. The molecule has 0 radical (unpaired) electrons. The second-order valence-corrected chi connectivity index (χ2v) is 2.41. The van der Waals surface area contributed by atoms with Crippen LogP contribution in [0.3, 0.4) is 0 Å². The van der Waals surface area contributed by atoms with E-state index in [0.29, 0.717) is 6.42 Å². The van der Waals surface area contributed by atoms with E-state index in [9.17, 15) is 4.79 Å². The summed E-state index contributed by atoms with van der Waals surface area (Å²) in [6, 6.07) is 0. The monoisotopic (exact) mass is 158 g/mol. The molecule has 0 spiro atoms. The first-order valence-electron chi connectivity index (χ1n) is 3.26. The van der Waals surface area contributed by atoms with Crippen LogP contribution in [0.2, 0.25) is 0 Å². The highest BCUT2D eigenvalue weighted by Crippen LogP contribution is 2.15. The van der Waals surface area contributed by atoms with E-state index in [1.807, 2.05) is 6.92 Å². The van der Waals surface area contributed by atoms with E-state index >= 15 is 0 Å². The summed E-state index contributed by atoms with van der Waals surface area (Å²) < 4.78 is 0. The van der Waals surface area contributed by atoms with Gasteiger partial charge in [-0.25, -0.2) is 4.79 Å². The highest BCUT2D eigenvalue weighted by atomic mass is 16.7. The van der Waals surface area contributed by atoms with Crippen molar-refractivity contribution in [1.82, 2.24) is 5.48 Å². The van der Waals surface area contributed by atoms with E-state index in [2.05, 4.69) is 10.3 Å². The lowest BCUT2D eigenvalue weighted by Crippen LogP contribution is -2.47. The third kappa shape index (κ3) is 1.50. The van der Waals surface area contributed by atoms with Crippen molar-refractivity contribution in [3.8, 4) is 0 Å². The number of nitrogens with one attached hydrogen (secondary N) is 1. The Hall–Kier alpha value is -1.07. The first-order chi connectivity index (χ1) is 5.07. The Morgan fingerprint density at radius 2 is 2.64 bits per heavy atom. The molecule has 4 N–H and O–H groups in total. The number of rotatable bonds is 2. The van der Waals surface area contributed by atoms with Gasteiger partial charge < -0.3 is 15.7 Å². The Bertz CT molecular complexity index is 214. The molecule has 1 aliphatic rings. The van der Waals surface area contributed by atoms with Gasteiger partial charge in [0.2, 0.25) is 5.76 Å². The summed E-state index contributed by atoms with van der Waals surface area (Å²) >= 11 is 0. The number of hydrogen-bond donors (Lipinski definition) is 3. The van der Waals surface area contributed by atoms with Crippen molar-refractivity contribution in [3.63, 3.8) is 0 Å². The number of carboxylic acid groups (broad SMARTS) is 1. The molecule has 1 unspecified atom stereocenters. The van der Waals surface area contributed by atoms with E-state index in [1.165, 1.54) is 6.08 Å². The van der Waals surface area contributed by atoms with Gasteiger partial charge in [0, 0.05) is 6.08 Å². The van der Waals surface area contributed by atoms with Gasteiger partial charge in [-0.1, -0.05) is 6.92 Å². The molecule has 62 valence electrons. The minimum absolute atomic E-state index is 0.144. The summed E-state index contributed by atoms with van der Waals surface area (Å²) in [5.41, 5.74) is 7.20. The van der Waals surface area contributed by atoms with Crippen LogP contribution in [0.4, 0.5) is 0 Å². The largest absolute Gasteiger partial charge is 0.475 e. The Morgan fingerprint density at radius 1 is 2.00 bits per heavy atom. The molecule has 0 aromatic carbocycles. The number of carbonyl (C=O) groups is 1. The van der Waals surface area contributed by atoms with E-state index in [1.54, 1.807) is 0 Å². The molecular weight excluding hydrogens is 148 g/mol. The maximum absolute atomic E-state index is 10.3. The molecule has 5 heteroatoms. The van der Waals surface area contributed by atoms with Crippen LogP contribution in [-0.2, 0) is 9.63 Å².